The van der Waals surface area contributed by atoms with E-state index < -0.39 is 57.0 Å². The number of imide groups is 2. The van der Waals surface area contributed by atoms with Crippen LogP contribution in [0, 0.1) is 27.1 Å². The molecular formula is C36H24Cl2FIN2O5. The third kappa shape index (κ3) is 4.09. The molecule has 7 nitrogen and oxygen atoms in total. The number of allylic oxidation sites excluding steroid dienone is 2. The molecule has 2 heterocycles. The molecule has 6 atom stereocenters. The Hall–Kier alpha value is -3.80. The number of nitrogens with zero attached hydrogens (tertiary/aromatic N) is 2. The molecule has 2 saturated heterocycles. The van der Waals surface area contributed by atoms with E-state index in [1.807, 2.05) is 30.3 Å². The standard InChI is InChI=1S/C36H24Cl2FIN2O5/c37-35-17-26-24(14-15-25-28(26)32(45)41(31(25)44)21-12-8-20(40)9-13-21)30(29-23-4-2-1-3-18(23)5-16-27(29)43)36(35,38)34(47)42(33(35)46)22-10-6-19(39)7-11-22/h1-14,16,25-26,28,30,43H,15,17H2. The van der Waals surface area contributed by atoms with Crippen LogP contribution in [0.3, 0.4) is 0 Å². The van der Waals surface area contributed by atoms with E-state index in [0.29, 0.717) is 22.2 Å². The molecule has 0 spiro atoms. The number of hydrogen-bond donors (Lipinski definition) is 1. The van der Waals surface area contributed by atoms with E-state index in [9.17, 15) is 28.7 Å². The molecule has 4 aliphatic rings. The van der Waals surface area contributed by atoms with E-state index in [2.05, 4.69) is 22.6 Å². The number of carbonyl (C=O) groups excluding carboxylic acids is 4. The van der Waals surface area contributed by atoms with Crippen molar-refractivity contribution in [3.63, 3.8) is 0 Å². The monoisotopic (exact) mass is 780 g/mol. The number of phenolic OH excluding ortho intramolecular Hbond substituents is 1. The van der Waals surface area contributed by atoms with Crippen LogP contribution in [-0.2, 0) is 19.2 Å². The van der Waals surface area contributed by atoms with E-state index in [-0.39, 0.29) is 30.2 Å². The van der Waals surface area contributed by atoms with Crippen molar-refractivity contribution in [3.8, 4) is 5.75 Å². The van der Waals surface area contributed by atoms with E-state index in [4.69, 9.17) is 23.2 Å². The first-order valence-electron chi connectivity index (χ1n) is 15.0. The Morgan fingerprint density at radius 2 is 1.45 bits per heavy atom. The minimum atomic E-state index is -2.15. The lowest BCUT2D eigenvalue weighted by molar-refractivity contribution is -0.125. The van der Waals surface area contributed by atoms with Crippen LogP contribution >= 0.6 is 45.8 Å². The van der Waals surface area contributed by atoms with E-state index >= 15 is 0 Å². The second-order valence-corrected chi connectivity index (χ2v) is 14.9. The number of halogens is 4. The maximum atomic E-state index is 14.6. The highest BCUT2D eigenvalue weighted by Crippen LogP contribution is 2.67. The fraction of sp³-hybridized carbons (Fsp3) is 0.222. The summed E-state index contributed by atoms with van der Waals surface area (Å²) in [5.41, 5.74) is 1.39. The summed E-state index contributed by atoms with van der Waals surface area (Å²) in [7, 11) is 0. The van der Waals surface area contributed by atoms with Gasteiger partial charge in [0.25, 0.3) is 11.8 Å². The topological polar surface area (TPSA) is 95.0 Å². The Morgan fingerprint density at radius 1 is 0.787 bits per heavy atom. The minimum Gasteiger partial charge on any atom is -0.508 e. The van der Waals surface area contributed by atoms with Crippen molar-refractivity contribution in [3.05, 3.63) is 112 Å². The maximum absolute atomic E-state index is 14.6. The third-order valence-corrected chi connectivity index (χ3v) is 12.3. The van der Waals surface area contributed by atoms with Crippen LogP contribution in [0.2, 0.25) is 0 Å². The van der Waals surface area contributed by atoms with E-state index in [1.54, 1.807) is 30.3 Å². The molecule has 0 radical (unpaired) electrons. The van der Waals surface area contributed by atoms with Gasteiger partial charge in [-0.05, 0) is 107 Å². The predicted molar refractivity (Wildman–Crippen MR) is 184 cm³/mol. The summed E-state index contributed by atoms with van der Waals surface area (Å²) in [6.07, 6.45) is 1.81. The Kier molecular flexibility index (Phi) is 6.89. The van der Waals surface area contributed by atoms with Gasteiger partial charge in [-0.3, -0.25) is 24.1 Å². The SMILES string of the molecule is O=C1C2CC=C3C(CC4(Cl)C(=O)N(c5ccc(F)cc5)C(=O)C4(Cl)C3c3c(O)ccc4ccccc34)C2C(=O)N1c1ccc(I)cc1. The summed E-state index contributed by atoms with van der Waals surface area (Å²) >= 11 is 17.1. The molecule has 0 bridgehead atoms. The molecule has 8 rings (SSSR count). The molecule has 3 fully saturated rings. The Labute approximate surface area is 292 Å². The van der Waals surface area contributed by atoms with Crippen molar-refractivity contribution in [2.75, 3.05) is 9.80 Å². The number of rotatable bonds is 3. The van der Waals surface area contributed by atoms with Crippen molar-refractivity contribution >= 4 is 91.6 Å². The minimum absolute atomic E-state index is 0.0866. The fourth-order valence-corrected chi connectivity index (χ4v) is 9.43. The molecule has 4 aromatic carbocycles. The van der Waals surface area contributed by atoms with Gasteiger partial charge in [0.15, 0.2) is 9.75 Å². The highest BCUT2D eigenvalue weighted by atomic mass is 127. The number of benzene rings is 4. The van der Waals surface area contributed by atoms with Crippen LogP contribution in [0.15, 0.2) is 96.6 Å². The van der Waals surface area contributed by atoms with E-state index in [1.165, 1.54) is 23.1 Å². The number of aromatic hydroxyl groups is 1. The lowest BCUT2D eigenvalue weighted by Crippen LogP contribution is -2.60. The van der Waals surface area contributed by atoms with Gasteiger partial charge in [-0.1, -0.05) is 42.0 Å². The van der Waals surface area contributed by atoms with Gasteiger partial charge < -0.3 is 5.11 Å². The number of phenols is 1. The first-order valence-corrected chi connectivity index (χ1v) is 16.9. The summed E-state index contributed by atoms with van der Waals surface area (Å²) < 4.78 is 14.9. The Morgan fingerprint density at radius 3 is 2.17 bits per heavy atom. The van der Waals surface area contributed by atoms with Gasteiger partial charge >= 0.3 is 0 Å². The summed E-state index contributed by atoms with van der Waals surface area (Å²) in [6, 6.07) is 22.4. The quantitative estimate of drug-likeness (QED) is 0.104. The molecule has 0 aromatic heterocycles. The average molecular weight is 781 g/mol. The van der Waals surface area contributed by atoms with Crippen LogP contribution in [0.25, 0.3) is 10.8 Å². The lowest BCUT2D eigenvalue weighted by atomic mass is 9.56. The molecule has 4 amide bonds. The van der Waals surface area contributed by atoms with Gasteiger partial charge in [-0.25, -0.2) is 9.29 Å². The van der Waals surface area contributed by atoms with Crippen LogP contribution in [-0.4, -0.2) is 38.5 Å². The van der Waals surface area contributed by atoms with Gasteiger partial charge in [0.05, 0.1) is 23.2 Å². The van der Waals surface area contributed by atoms with Crippen LogP contribution in [0.4, 0.5) is 15.8 Å². The molecule has 1 N–H and O–H groups in total. The summed E-state index contributed by atoms with van der Waals surface area (Å²) in [6.45, 7) is 0. The number of amides is 4. The Balaban J connectivity index is 1.35. The highest BCUT2D eigenvalue weighted by Gasteiger charge is 2.77. The zero-order valence-electron chi connectivity index (χ0n) is 24.4. The highest BCUT2D eigenvalue weighted by molar-refractivity contribution is 14.1. The summed E-state index contributed by atoms with van der Waals surface area (Å²) in [5.74, 6) is -6.67. The maximum Gasteiger partial charge on any atom is 0.258 e. The number of hydrogen-bond acceptors (Lipinski definition) is 5. The second kappa shape index (κ2) is 10.6. The predicted octanol–water partition coefficient (Wildman–Crippen LogP) is 7.06. The Bertz CT molecular complexity index is 2090. The average Bonchev–Trinajstić information content (AvgIpc) is 3.40. The van der Waals surface area contributed by atoms with Gasteiger partial charge in [-0.15, -0.1) is 23.2 Å². The normalized spacial score (nSPS) is 30.0. The first-order chi connectivity index (χ1) is 22.5. The van der Waals surface area contributed by atoms with Gasteiger partial charge in [-0.2, -0.15) is 0 Å². The smallest absolute Gasteiger partial charge is 0.258 e. The molecule has 47 heavy (non-hydrogen) atoms. The summed E-state index contributed by atoms with van der Waals surface area (Å²) in [4.78, 5) is 55.1. The number of carbonyl (C=O) groups is 4. The molecule has 11 heteroatoms. The van der Waals surface area contributed by atoms with Gasteiger partial charge in [0.2, 0.25) is 11.8 Å². The molecule has 2 aliphatic heterocycles. The molecular weight excluding hydrogens is 757 g/mol. The van der Waals surface area contributed by atoms with Crippen molar-refractivity contribution in [2.24, 2.45) is 17.8 Å². The molecule has 6 unspecified atom stereocenters. The first kappa shape index (κ1) is 30.5. The van der Waals surface area contributed by atoms with Gasteiger partial charge in [0, 0.05) is 15.1 Å². The van der Waals surface area contributed by atoms with E-state index in [0.717, 1.165) is 26.0 Å². The number of anilines is 2. The largest absolute Gasteiger partial charge is 0.508 e. The van der Waals surface area contributed by atoms with Crippen LogP contribution in [0.5, 0.6) is 5.75 Å². The lowest BCUT2D eigenvalue weighted by Gasteiger charge is -2.51. The molecule has 236 valence electrons. The van der Waals surface area contributed by atoms with Crippen molar-refractivity contribution in [1.82, 2.24) is 0 Å². The van der Waals surface area contributed by atoms with Crippen LogP contribution in [0.1, 0.15) is 24.3 Å². The van der Waals surface area contributed by atoms with Crippen molar-refractivity contribution < 1.29 is 28.7 Å². The van der Waals surface area contributed by atoms with Crippen molar-refractivity contribution in [1.29, 1.82) is 0 Å². The summed E-state index contributed by atoms with van der Waals surface area (Å²) in [5, 5.41) is 12.9. The zero-order chi connectivity index (χ0) is 33.0. The van der Waals surface area contributed by atoms with Gasteiger partial charge in [0.1, 0.15) is 11.6 Å². The third-order valence-electron chi connectivity index (χ3n) is 10.2. The molecule has 4 aromatic rings. The second-order valence-electron chi connectivity index (χ2n) is 12.5. The zero-order valence-corrected chi connectivity index (χ0v) is 28.0. The number of alkyl halides is 2. The fourth-order valence-electron chi connectivity index (χ4n) is 8.15. The van der Waals surface area contributed by atoms with Crippen molar-refractivity contribution in [2.45, 2.75) is 28.5 Å². The molecule has 1 saturated carbocycles. The number of fused-ring (bicyclic) bond motifs is 5. The molecule has 2 aliphatic carbocycles. The van der Waals surface area contributed by atoms with Crippen LogP contribution < -0.4 is 9.80 Å².